The molecule has 1 aromatic carbocycles. The molecule has 0 saturated heterocycles. The largest absolute Gasteiger partial charge is 0.493 e. The first kappa shape index (κ1) is 12.5. The molecule has 1 aromatic heterocycles. The topological polar surface area (TPSA) is 36.3 Å². The number of nitrogens with zero attached hydrogens (tertiary/aromatic N) is 2. The lowest BCUT2D eigenvalue weighted by molar-refractivity contribution is 0.352. The van der Waals surface area contributed by atoms with Gasteiger partial charge in [-0.1, -0.05) is 12.1 Å². The van der Waals surface area contributed by atoms with E-state index in [9.17, 15) is 0 Å². The van der Waals surface area contributed by atoms with Crippen molar-refractivity contribution < 1.29 is 9.47 Å². The first-order chi connectivity index (χ1) is 8.61. The molecule has 4 nitrogen and oxygen atoms in total. The lowest BCUT2D eigenvalue weighted by Crippen LogP contribution is -2.02. The first-order valence-electron chi connectivity index (χ1n) is 5.98. The average molecular weight is 246 g/mol. The maximum Gasteiger partial charge on any atom is 0.302 e. The Morgan fingerprint density at radius 2 is 1.83 bits per heavy atom. The van der Waals surface area contributed by atoms with Crippen LogP contribution < -0.4 is 9.47 Å². The van der Waals surface area contributed by atoms with Gasteiger partial charge in [-0.3, -0.25) is 4.57 Å². The predicted molar refractivity (Wildman–Crippen MR) is 70.4 cm³/mol. The third-order valence-electron chi connectivity index (χ3n) is 2.65. The monoisotopic (exact) mass is 246 g/mol. The maximum absolute atomic E-state index is 5.84. The van der Waals surface area contributed by atoms with Gasteiger partial charge < -0.3 is 9.47 Å². The summed E-state index contributed by atoms with van der Waals surface area (Å²) >= 11 is 0. The van der Waals surface area contributed by atoms with E-state index in [1.54, 1.807) is 7.11 Å². The van der Waals surface area contributed by atoms with Gasteiger partial charge in [-0.2, -0.15) is 0 Å². The van der Waals surface area contributed by atoms with Crippen LogP contribution in [0.5, 0.6) is 17.5 Å². The minimum absolute atomic E-state index is 0.302. The molecule has 1 heterocycles. The Morgan fingerprint density at radius 3 is 2.44 bits per heavy atom. The Balaban J connectivity index is 2.33. The number of hydrogen-bond donors (Lipinski definition) is 0. The van der Waals surface area contributed by atoms with Gasteiger partial charge in [-0.25, -0.2) is 4.98 Å². The molecule has 0 radical (unpaired) electrons. The Kier molecular flexibility index (Phi) is 3.55. The number of ether oxygens (including phenoxy) is 2. The summed E-state index contributed by atoms with van der Waals surface area (Å²) < 4.78 is 13.1. The summed E-state index contributed by atoms with van der Waals surface area (Å²) in [6.45, 7) is 6.14. The van der Waals surface area contributed by atoms with Crippen molar-refractivity contribution >= 4 is 0 Å². The molecule has 4 heteroatoms. The Labute approximate surface area is 107 Å². The molecule has 0 unspecified atom stereocenters. The second-order valence-electron chi connectivity index (χ2n) is 4.42. The van der Waals surface area contributed by atoms with Gasteiger partial charge in [0, 0.05) is 12.2 Å². The average Bonchev–Trinajstić information content (AvgIpc) is 2.71. The second-order valence-corrected chi connectivity index (χ2v) is 4.42. The SMILES string of the molecule is COc1ccccc1Oc1nc(C)cn1C(C)C. The third kappa shape index (κ3) is 2.47. The highest BCUT2D eigenvalue weighted by molar-refractivity contribution is 5.41. The fourth-order valence-electron chi connectivity index (χ4n) is 1.74. The van der Waals surface area contributed by atoms with E-state index in [1.165, 1.54) is 0 Å². The van der Waals surface area contributed by atoms with Crippen molar-refractivity contribution in [3.8, 4) is 17.5 Å². The van der Waals surface area contributed by atoms with Crippen molar-refractivity contribution in [2.24, 2.45) is 0 Å². The van der Waals surface area contributed by atoms with E-state index in [2.05, 4.69) is 18.8 Å². The lowest BCUT2D eigenvalue weighted by atomic mass is 10.3. The number of aromatic nitrogens is 2. The zero-order valence-corrected chi connectivity index (χ0v) is 11.2. The van der Waals surface area contributed by atoms with Crippen molar-refractivity contribution in [3.63, 3.8) is 0 Å². The van der Waals surface area contributed by atoms with Crippen molar-refractivity contribution in [2.75, 3.05) is 7.11 Å². The van der Waals surface area contributed by atoms with Gasteiger partial charge in [0.1, 0.15) is 0 Å². The van der Waals surface area contributed by atoms with Gasteiger partial charge in [-0.05, 0) is 32.9 Å². The zero-order chi connectivity index (χ0) is 13.1. The maximum atomic E-state index is 5.84. The molecule has 0 aliphatic rings. The van der Waals surface area contributed by atoms with Crippen LogP contribution in [-0.2, 0) is 0 Å². The fourth-order valence-corrected chi connectivity index (χ4v) is 1.74. The summed E-state index contributed by atoms with van der Waals surface area (Å²) in [6.07, 6.45) is 1.98. The van der Waals surface area contributed by atoms with Gasteiger partial charge in [0.25, 0.3) is 0 Å². The highest BCUT2D eigenvalue weighted by atomic mass is 16.5. The molecule has 96 valence electrons. The van der Waals surface area contributed by atoms with E-state index in [0.29, 0.717) is 23.6 Å². The molecular weight excluding hydrogens is 228 g/mol. The molecule has 0 aliphatic carbocycles. The Bertz CT molecular complexity index is 532. The van der Waals surface area contributed by atoms with Crippen molar-refractivity contribution in [2.45, 2.75) is 26.8 Å². The molecule has 0 fully saturated rings. The summed E-state index contributed by atoms with van der Waals surface area (Å²) in [4.78, 5) is 4.39. The standard InChI is InChI=1S/C14H18N2O2/c1-10(2)16-9-11(3)15-14(16)18-13-8-6-5-7-12(13)17-4/h5-10H,1-4H3. The van der Waals surface area contributed by atoms with Crippen LogP contribution in [0.15, 0.2) is 30.5 Å². The van der Waals surface area contributed by atoms with Crippen LogP contribution in [0.2, 0.25) is 0 Å². The highest BCUT2D eigenvalue weighted by Gasteiger charge is 2.12. The molecule has 2 rings (SSSR count). The molecule has 0 atom stereocenters. The molecule has 0 bridgehead atoms. The molecule has 18 heavy (non-hydrogen) atoms. The van der Waals surface area contributed by atoms with Gasteiger partial charge in [-0.15, -0.1) is 0 Å². The number of methoxy groups -OCH3 is 1. The van der Waals surface area contributed by atoms with Crippen molar-refractivity contribution in [1.82, 2.24) is 9.55 Å². The summed E-state index contributed by atoms with van der Waals surface area (Å²) in [5.41, 5.74) is 0.939. The minimum atomic E-state index is 0.302. The van der Waals surface area contributed by atoms with Crippen LogP contribution in [0.3, 0.4) is 0 Å². The number of hydrogen-bond acceptors (Lipinski definition) is 3. The number of rotatable bonds is 4. The number of benzene rings is 1. The normalized spacial score (nSPS) is 10.7. The van der Waals surface area contributed by atoms with Crippen LogP contribution in [0.4, 0.5) is 0 Å². The lowest BCUT2D eigenvalue weighted by Gasteiger charge is -2.13. The molecule has 2 aromatic rings. The summed E-state index contributed by atoms with van der Waals surface area (Å²) in [6, 6.07) is 8.44. The Hall–Kier alpha value is -1.97. The summed E-state index contributed by atoms with van der Waals surface area (Å²) in [7, 11) is 1.63. The smallest absolute Gasteiger partial charge is 0.302 e. The van der Waals surface area contributed by atoms with Crippen molar-refractivity contribution in [3.05, 3.63) is 36.2 Å². The Morgan fingerprint density at radius 1 is 1.17 bits per heavy atom. The fraction of sp³-hybridized carbons (Fsp3) is 0.357. The van der Waals surface area contributed by atoms with Crippen LogP contribution in [0, 0.1) is 6.92 Å². The van der Waals surface area contributed by atoms with E-state index < -0.39 is 0 Å². The summed E-state index contributed by atoms with van der Waals surface area (Å²) in [5.74, 6) is 1.38. The highest BCUT2D eigenvalue weighted by Crippen LogP contribution is 2.31. The molecule has 0 saturated carbocycles. The van der Waals surface area contributed by atoms with E-state index >= 15 is 0 Å². The van der Waals surface area contributed by atoms with E-state index in [4.69, 9.17) is 9.47 Å². The molecule has 0 spiro atoms. The molecule has 0 aliphatic heterocycles. The second kappa shape index (κ2) is 5.12. The van der Waals surface area contributed by atoms with Gasteiger partial charge in [0.15, 0.2) is 11.5 Å². The molecular formula is C14H18N2O2. The van der Waals surface area contributed by atoms with Gasteiger partial charge >= 0.3 is 6.01 Å². The number of imidazole rings is 1. The van der Waals surface area contributed by atoms with Crippen LogP contribution in [0.25, 0.3) is 0 Å². The zero-order valence-electron chi connectivity index (χ0n) is 11.2. The predicted octanol–water partition coefficient (Wildman–Crippen LogP) is 3.57. The minimum Gasteiger partial charge on any atom is -0.493 e. The summed E-state index contributed by atoms with van der Waals surface area (Å²) in [5, 5.41) is 0. The third-order valence-corrected chi connectivity index (χ3v) is 2.65. The van der Waals surface area contributed by atoms with E-state index in [-0.39, 0.29) is 0 Å². The van der Waals surface area contributed by atoms with Crippen molar-refractivity contribution in [1.29, 1.82) is 0 Å². The molecule has 0 amide bonds. The first-order valence-corrected chi connectivity index (χ1v) is 5.98. The van der Waals surface area contributed by atoms with Gasteiger partial charge in [0.2, 0.25) is 0 Å². The van der Waals surface area contributed by atoms with Crippen LogP contribution in [-0.4, -0.2) is 16.7 Å². The van der Waals surface area contributed by atoms with Crippen LogP contribution >= 0.6 is 0 Å². The van der Waals surface area contributed by atoms with Gasteiger partial charge in [0.05, 0.1) is 12.8 Å². The number of aryl methyl sites for hydroxylation is 1. The van der Waals surface area contributed by atoms with Crippen LogP contribution in [0.1, 0.15) is 25.6 Å². The molecule has 0 N–H and O–H groups in total. The quantitative estimate of drug-likeness (QED) is 0.827. The number of para-hydroxylation sites is 2. The van der Waals surface area contributed by atoms with E-state index in [1.807, 2.05) is 42.0 Å². The van der Waals surface area contributed by atoms with E-state index in [0.717, 1.165) is 5.69 Å².